The van der Waals surface area contributed by atoms with Crippen LogP contribution in [0.25, 0.3) is 0 Å². The Morgan fingerprint density at radius 2 is 1.94 bits per heavy atom. The molecule has 0 radical (unpaired) electrons. The van der Waals surface area contributed by atoms with Crippen molar-refractivity contribution < 1.29 is 14.3 Å². The molecule has 0 saturated carbocycles. The largest absolute Gasteiger partial charge is 0.496 e. The summed E-state index contributed by atoms with van der Waals surface area (Å²) in [7, 11) is 1.61. The van der Waals surface area contributed by atoms with E-state index < -0.39 is 0 Å². The van der Waals surface area contributed by atoms with Crippen molar-refractivity contribution in [1.29, 1.82) is 0 Å². The van der Waals surface area contributed by atoms with Gasteiger partial charge in [0.2, 0.25) is 0 Å². The lowest BCUT2D eigenvalue weighted by atomic mass is 10.0. The predicted octanol–water partition coefficient (Wildman–Crippen LogP) is 3.39. The summed E-state index contributed by atoms with van der Waals surface area (Å²) in [5.41, 5.74) is 0.870. The lowest BCUT2D eigenvalue weighted by molar-refractivity contribution is -0.146. The molecule has 18 heavy (non-hydrogen) atoms. The van der Waals surface area contributed by atoms with Gasteiger partial charge in [-0.3, -0.25) is 4.79 Å². The second-order valence-corrected chi connectivity index (χ2v) is 4.61. The summed E-state index contributed by atoms with van der Waals surface area (Å²) in [6.07, 6.45) is 1.01. The summed E-state index contributed by atoms with van der Waals surface area (Å²) >= 11 is 0. The third-order valence-corrected chi connectivity index (χ3v) is 3.17. The molecule has 0 bridgehead atoms. The number of carbonyl (C=O) groups is 1. The molecule has 0 heterocycles. The van der Waals surface area contributed by atoms with Crippen LogP contribution in [0.15, 0.2) is 24.3 Å². The van der Waals surface area contributed by atoms with Gasteiger partial charge in [-0.2, -0.15) is 0 Å². The first-order chi connectivity index (χ1) is 8.60. The van der Waals surface area contributed by atoms with E-state index in [1.807, 2.05) is 31.2 Å². The molecule has 0 aliphatic carbocycles. The molecule has 0 amide bonds. The van der Waals surface area contributed by atoms with Crippen LogP contribution in [0.1, 0.15) is 38.7 Å². The maximum absolute atomic E-state index is 12.0. The zero-order valence-electron chi connectivity index (χ0n) is 11.6. The van der Waals surface area contributed by atoms with Crippen molar-refractivity contribution in [2.45, 2.75) is 33.1 Å². The number of methoxy groups -OCH3 is 1. The molecule has 2 unspecified atom stereocenters. The average Bonchev–Trinajstić information content (AvgIpc) is 2.43. The van der Waals surface area contributed by atoms with Gasteiger partial charge in [-0.15, -0.1) is 0 Å². The number of hydrogen-bond acceptors (Lipinski definition) is 3. The van der Waals surface area contributed by atoms with Crippen molar-refractivity contribution >= 4 is 5.97 Å². The van der Waals surface area contributed by atoms with E-state index in [1.165, 1.54) is 0 Å². The number of esters is 1. The molecular formula is C15H22O3. The van der Waals surface area contributed by atoms with Crippen LogP contribution >= 0.6 is 0 Å². The fraction of sp³-hybridized carbons (Fsp3) is 0.533. The molecule has 0 fully saturated rings. The van der Waals surface area contributed by atoms with Gasteiger partial charge in [0.15, 0.2) is 0 Å². The van der Waals surface area contributed by atoms with Gasteiger partial charge in [-0.05, 0) is 18.9 Å². The van der Waals surface area contributed by atoms with Crippen LogP contribution in [-0.4, -0.2) is 19.7 Å². The van der Waals surface area contributed by atoms with Crippen LogP contribution in [0.3, 0.4) is 0 Å². The molecule has 0 N–H and O–H groups in total. The number of rotatable bonds is 6. The van der Waals surface area contributed by atoms with Gasteiger partial charge in [0.05, 0.1) is 19.6 Å². The van der Waals surface area contributed by atoms with Gasteiger partial charge in [-0.1, -0.05) is 38.5 Å². The lowest BCUT2D eigenvalue weighted by Gasteiger charge is -2.16. The molecule has 0 aliphatic heterocycles. The van der Waals surface area contributed by atoms with Crippen LogP contribution in [0.4, 0.5) is 0 Å². The van der Waals surface area contributed by atoms with E-state index in [1.54, 1.807) is 7.11 Å². The molecule has 3 heteroatoms. The number of benzene rings is 1. The van der Waals surface area contributed by atoms with Gasteiger partial charge < -0.3 is 9.47 Å². The maximum Gasteiger partial charge on any atom is 0.313 e. The monoisotopic (exact) mass is 250 g/mol. The van der Waals surface area contributed by atoms with Crippen molar-refractivity contribution in [3.8, 4) is 5.75 Å². The first-order valence-electron chi connectivity index (χ1n) is 6.39. The third-order valence-electron chi connectivity index (χ3n) is 3.17. The van der Waals surface area contributed by atoms with E-state index in [9.17, 15) is 4.79 Å². The Morgan fingerprint density at radius 3 is 2.56 bits per heavy atom. The molecular weight excluding hydrogens is 228 g/mol. The first kappa shape index (κ1) is 14.6. The Morgan fingerprint density at radius 1 is 1.28 bits per heavy atom. The van der Waals surface area contributed by atoms with Crippen molar-refractivity contribution in [2.24, 2.45) is 5.92 Å². The zero-order chi connectivity index (χ0) is 13.5. The van der Waals surface area contributed by atoms with E-state index in [-0.39, 0.29) is 11.9 Å². The highest BCUT2D eigenvalue weighted by molar-refractivity contribution is 5.78. The SMILES string of the molecule is CCC(C)COC(=O)C(C)c1ccccc1OC. The van der Waals surface area contributed by atoms with Crippen molar-refractivity contribution in [2.75, 3.05) is 13.7 Å². The smallest absolute Gasteiger partial charge is 0.313 e. The summed E-state index contributed by atoms with van der Waals surface area (Å²) in [5.74, 6) is 0.634. The highest BCUT2D eigenvalue weighted by atomic mass is 16.5. The fourth-order valence-electron chi connectivity index (χ4n) is 1.62. The number of ether oxygens (including phenoxy) is 2. The molecule has 0 spiro atoms. The summed E-state index contributed by atoms with van der Waals surface area (Å²) in [6.45, 7) is 6.48. The molecule has 1 aromatic carbocycles. The van der Waals surface area contributed by atoms with E-state index in [0.717, 1.165) is 17.7 Å². The second-order valence-electron chi connectivity index (χ2n) is 4.61. The van der Waals surface area contributed by atoms with Crippen molar-refractivity contribution in [3.63, 3.8) is 0 Å². The Bertz CT molecular complexity index is 387. The molecule has 0 aliphatic rings. The number of para-hydroxylation sites is 1. The van der Waals surface area contributed by atoms with E-state index >= 15 is 0 Å². The van der Waals surface area contributed by atoms with E-state index in [0.29, 0.717) is 12.5 Å². The average molecular weight is 250 g/mol. The molecule has 1 rings (SSSR count). The molecule has 3 nitrogen and oxygen atoms in total. The minimum Gasteiger partial charge on any atom is -0.496 e. The molecule has 0 aromatic heterocycles. The van der Waals surface area contributed by atoms with E-state index in [2.05, 4.69) is 13.8 Å². The number of hydrogen-bond donors (Lipinski definition) is 0. The van der Waals surface area contributed by atoms with Gasteiger partial charge in [0.25, 0.3) is 0 Å². The minimum atomic E-state index is -0.301. The van der Waals surface area contributed by atoms with Crippen molar-refractivity contribution in [1.82, 2.24) is 0 Å². The van der Waals surface area contributed by atoms with Crippen LogP contribution in [0.5, 0.6) is 5.75 Å². The highest BCUT2D eigenvalue weighted by Crippen LogP contribution is 2.27. The zero-order valence-corrected chi connectivity index (χ0v) is 11.6. The Kier molecular flexibility index (Phi) is 5.69. The van der Waals surface area contributed by atoms with Crippen LogP contribution in [0.2, 0.25) is 0 Å². The van der Waals surface area contributed by atoms with Gasteiger partial charge in [-0.25, -0.2) is 0 Å². The van der Waals surface area contributed by atoms with Gasteiger partial charge in [0.1, 0.15) is 5.75 Å². The maximum atomic E-state index is 12.0. The summed E-state index contributed by atoms with van der Waals surface area (Å²) in [6, 6.07) is 7.54. The van der Waals surface area contributed by atoms with Gasteiger partial charge in [0, 0.05) is 5.56 Å². The molecule has 100 valence electrons. The third kappa shape index (κ3) is 3.76. The van der Waals surface area contributed by atoms with Crippen LogP contribution < -0.4 is 4.74 Å². The first-order valence-corrected chi connectivity index (χ1v) is 6.39. The Labute approximate surface area is 109 Å². The normalized spacial score (nSPS) is 13.8. The van der Waals surface area contributed by atoms with Crippen LogP contribution in [0, 0.1) is 5.92 Å². The predicted molar refractivity (Wildman–Crippen MR) is 71.8 cm³/mol. The van der Waals surface area contributed by atoms with Crippen LogP contribution in [-0.2, 0) is 9.53 Å². The standard InChI is InChI=1S/C15H22O3/c1-5-11(2)10-18-15(16)12(3)13-8-6-7-9-14(13)17-4/h6-9,11-12H,5,10H2,1-4H3. The number of carbonyl (C=O) groups excluding carboxylic acids is 1. The lowest BCUT2D eigenvalue weighted by Crippen LogP contribution is -2.17. The topological polar surface area (TPSA) is 35.5 Å². The Balaban J connectivity index is 2.68. The summed E-state index contributed by atoms with van der Waals surface area (Å²) < 4.78 is 10.6. The highest BCUT2D eigenvalue weighted by Gasteiger charge is 2.20. The minimum absolute atomic E-state index is 0.195. The van der Waals surface area contributed by atoms with Crippen molar-refractivity contribution in [3.05, 3.63) is 29.8 Å². The van der Waals surface area contributed by atoms with Gasteiger partial charge >= 0.3 is 5.97 Å². The summed E-state index contributed by atoms with van der Waals surface area (Å²) in [5, 5.41) is 0. The Hall–Kier alpha value is -1.51. The molecule has 2 atom stereocenters. The quantitative estimate of drug-likeness (QED) is 0.726. The fourth-order valence-corrected chi connectivity index (χ4v) is 1.62. The summed E-state index contributed by atoms with van der Waals surface area (Å²) in [4.78, 5) is 12.0. The second kappa shape index (κ2) is 7.04. The van der Waals surface area contributed by atoms with E-state index in [4.69, 9.17) is 9.47 Å². The molecule has 1 aromatic rings. The molecule has 0 saturated heterocycles.